The van der Waals surface area contributed by atoms with Crippen LogP contribution in [0.4, 0.5) is 0 Å². The average Bonchev–Trinajstić information content (AvgIpc) is 1.53. The first-order chi connectivity index (χ1) is 4.83. The molecule has 2 unspecified atom stereocenters. The second-order valence-corrected chi connectivity index (χ2v) is 4.00. The third kappa shape index (κ3) is 7.94. The molecule has 2 atom stereocenters. The smallest absolute Gasteiger partial charge is 0.104 e. The van der Waals surface area contributed by atoms with Crippen LogP contribution in [0, 0.1) is 0 Å². The number of quaternary nitrogens is 1. The molecule has 0 radical (unpaired) electrons. The Bertz CT molecular complexity index is 101. The van der Waals surface area contributed by atoms with Crippen LogP contribution >= 0.6 is 0 Å². The van der Waals surface area contributed by atoms with Crippen LogP contribution in [-0.4, -0.2) is 59.6 Å². The van der Waals surface area contributed by atoms with Crippen LogP contribution in [0.1, 0.15) is 13.8 Å². The summed E-state index contributed by atoms with van der Waals surface area (Å²) >= 11 is 0. The number of rotatable bonds is 4. The predicted molar refractivity (Wildman–Crippen MR) is 47.1 cm³/mol. The van der Waals surface area contributed by atoms with E-state index in [1.165, 1.54) is 0 Å². The SMILES string of the molecule is CC(O)C[N+](C)(C)CC(C)O.[OH-]. The van der Waals surface area contributed by atoms with Crippen molar-refractivity contribution in [2.75, 3.05) is 27.2 Å². The summed E-state index contributed by atoms with van der Waals surface area (Å²) in [5.74, 6) is 0. The Morgan fingerprint density at radius 3 is 1.42 bits per heavy atom. The molecule has 0 bridgehead atoms. The maximum Gasteiger partial charge on any atom is 0.104 e. The standard InChI is InChI=1S/C8H20NO2.H2O/c1-7(10)5-9(3,4)6-8(2)11;/h7-8,10-11H,5-6H2,1-4H3;1H2/q+1;/p-1. The van der Waals surface area contributed by atoms with Crippen LogP contribution in [0.2, 0.25) is 0 Å². The predicted octanol–water partition coefficient (Wildman–Crippen LogP) is -0.352. The van der Waals surface area contributed by atoms with Gasteiger partial charge in [-0.05, 0) is 13.8 Å². The van der Waals surface area contributed by atoms with Gasteiger partial charge in [-0.2, -0.15) is 0 Å². The van der Waals surface area contributed by atoms with E-state index in [2.05, 4.69) is 0 Å². The largest absolute Gasteiger partial charge is 0.870 e. The first-order valence-corrected chi connectivity index (χ1v) is 4.01. The maximum absolute atomic E-state index is 9.10. The van der Waals surface area contributed by atoms with Gasteiger partial charge in [0.15, 0.2) is 0 Å². The number of nitrogens with zero attached hydrogens (tertiary/aromatic N) is 1. The fourth-order valence-electron chi connectivity index (χ4n) is 1.51. The summed E-state index contributed by atoms with van der Waals surface area (Å²) in [6, 6.07) is 0. The lowest BCUT2D eigenvalue weighted by atomic mass is 10.3. The molecule has 0 rings (SSSR count). The van der Waals surface area contributed by atoms with Crippen molar-refractivity contribution in [1.29, 1.82) is 0 Å². The Morgan fingerprint density at radius 1 is 1.00 bits per heavy atom. The van der Waals surface area contributed by atoms with E-state index in [1.54, 1.807) is 13.8 Å². The summed E-state index contributed by atoms with van der Waals surface area (Å²) < 4.78 is 0.662. The van der Waals surface area contributed by atoms with Crippen molar-refractivity contribution in [2.24, 2.45) is 0 Å². The average molecular weight is 179 g/mol. The number of aliphatic hydroxyl groups is 2. The van der Waals surface area contributed by atoms with E-state index in [1.807, 2.05) is 14.1 Å². The molecule has 0 saturated heterocycles. The molecule has 4 nitrogen and oxygen atoms in total. The van der Waals surface area contributed by atoms with Crippen molar-refractivity contribution in [3.05, 3.63) is 0 Å². The van der Waals surface area contributed by atoms with Gasteiger partial charge in [0, 0.05) is 0 Å². The quantitative estimate of drug-likeness (QED) is 0.579. The van der Waals surface area contributed by atoms with Gasteiger partial charge in [-0.25, -0.2) is 0 Å². The van der Waals surface area contributed by atoms with Crippen LogP contribution in [-0.2, 0) is 0 Å². The van der Waals surface area contributed by atoms with E-state index in [0.717, 1.165) is 0 Å². The summed E-state index contributed by atoms with van der Waals surface area (Å²) in [4.78, 5) is 0. The molecule has 0 aliphatic heterocycles. The molecular weight excluding hydrogens is 158 g/mol. The molecule has 4 heteroatoms. The van der Waals surface area contributed by atoms with Crippen LogP contribution in [0.25, 0.3) is 0 Å². The van der Waals surface area contributed by atoms with E-state index < -0.39 is 0 Å². The highest BCUT2D eigenvalue weighted by Crippen LogP contribution is 2.01. The lowest BCUT2D eigenvalue weighted by molar-refractivity contribution is -0.895. The first kappa shape index (κ1) is 14.4. The lowest BCUT2D eigenvalue weighted by Crippen LogP contribution is -2.48. The minimum atomic E-state index is -0.302. The molecule has 0 aliphatic carbocycles. The molecular formula is C8H21NO3. The van der Waals surface area contributed by atoms with E-state index in [9.17, 15) is 0 Å². The van der Waals surface area contributed by atoms with E-state index >= 15 is 0 Å². The maximum atomic E-state index is 9.10. The van der Waals surface area contributed by atoms with E-state index in [0.29, 0.717) is 17.6 Å². The third-order valence-corrected chi connectivity index (χ3v) is 1.52. The summed E-state index contributed by atoms with van der Waals surface area (Å²) in [6.45, 7) is 4.90. The van der Waals surface area contributed by atoms with Crippen molar-refractivity contribution < 1.29 is 20.2 Å². The Labute approximate surface area is 74.3 Å². The number of likely N-dealkylation sites (N-methyl/N-ethyl adjacent to an activating group) is 1. The van der Waals surface area contributed by atoms with Gasteiger partial charge in [0.05, 0.1) is 14.1 Å². The molecule has 0 aliphatic rings. The first-order valence-electron chi connectivity index (χ1n) is 4.01. The molecule has 0 aromatic rings. The fraction of sp³-hybridized carbons (Fsp3) is 1.00. The summed E-state index contributed by atoms with van der Waals surface area (Å²) in [5.41, 5.74) is 0. The Morgan fingerprint density at radius 2 is 1.25 bits per heavy atom. The van der Waals surface area contributed by atoms with Gasteiger partial charge in [0.1, 0.15) is 25.3 Å². The fourth-order valence-corrected chi connectivity index (χ4v) is 1.51. The van der Waals surface area contributed by atoms with Crippen molar-refractivity contribution in [1.82, 2.24) is 0 Å². The molecule has 12 heavy (non-hydrogen) atoms. The van der Waals surface area contributed by atoms with Crippen molar-refractivity contribution in [3.63, 3.8) is 0 Å². The number of aliphatic hydroxyl groups excluding tert-OH is 2. The van der Waals surface area contributed by atoms with Crippen molar-refractivity contribution in [3.8, 4) is 0 Å². The molecule has 0 heterocycles. The normalized spacial score (nSPS) is 16.5. The lowest BCUT2D eigenvalue weighted by Gasteiger charge is -2.31. The van der Waals surface area contributed by atoms with Gasteiger partial charge in [0.2, 0.25) is 0 Å². The highest BCUT2D eigenvalue weighted by Gasteiger charge is 2.19. The van der Waals surface area contributed by atoms with Crippen molar-refractivity contribution >= 4 is 0 Å². The van der Waals surface area contributed by atoms with Crippen LogP contribution < -0.4 is 0 Å². The summed E-state index contributed by atoms with van der Waals surface area (Å²) in [5, 5.41) is 18.2. The van der Waals surface area contributed by atoms with Gasteiger partial charge in [-0.3, -0.25) is 0 Å². The summed E-state index contributed by atoms with van der Waals surface area (Å²) in [6.07, 6.45) is -0.604. The highest BCUT2D eigenvalue weighted by atomic mass is 16.3. The van der Waals surface area contributed by atoms with Gasteiger partial charge in [0.25, 0.3) is 0 Å². The molecule has 0 amide bonds. The molecule has 0 spiro atoms. The van der Waals surface area contributed by atoms with Crippen molar-refractivity contribution in [2.45, 2.75) is 26.1 Å². The zero-order chi connectivity index (χ0) is 9.07. The van der Waals surface area contributed by atoms with Gasteiger partial charge in [-0.15, -0.1) is 0 Å². The van der Waals surface area contributed by atoms with Crippen LogP contribution in [0.3, 0.4) is 0 Å². The van der Waals surface area contributed by atoms with E-state index in [4.69, 9.17) is 10.2 Å². The van der Waals surface area contributed by atoms with E-state index in [-0.39, 0.29) is 17.7 Å². The Balaban J connectivity index is 0. The Kier molecular flexibility index (Phi) is 6.56. The highest BCUT2D eigenvalue weighted by molar-refractivity contribution is 4.47. The monoisotopic (exact) mass is 179 g/mol. The third-order valence-electron chi connectivity index (χ3n) is 1.52. The molecule has 0 aromatic carbocycles. The zero-order valence-electron chi connectivity index (χ0n) is 8.36. The molecule has 0 saturated carbocycles. The molecule has 0 fully saturated rings. The number of hydrogen-bond acceptors (Lipinski definition) is 3. The Hall–Kier alpha value is -0.160. The second-order valence-electron chi connectivity index (χ2n) is 4.00. The van der Waals surface area contributed by atoms with Gasteiger partial charge in [-0.1, -0.05) is 0 Å². The van der Waals surface area contributed by atoms with Crippen LogP contribution in [0.15, 0.2) is 0 Å². The molecule has 0 aromatic heterocycles. The van der Waals surface area contributed by atoms with Gasteiger partial charge < -0.3 is 20.2 Å². The minimum absolute atomic E-state index is 0. The minimum Gasteiger partial charge on any atom is -0.870 e. The second kappa shape index (κ2) is 5.48. The van der Waals surface area contributed by atoms with Gasteiger partial charge >= 0.3 is 0 Å². The number of hydrogen-bond donors (Lipinski definition) is 2. The topological polar surface area (TPSA) is 70.5 Å². The zero-order valence-corrected chi connectivity index (χ0v) is 8.36. The molecule has 3 N–H and O–H groups in total. The van der Waals surface area contributed by atoms with Crippen LogP contribution in [0.5, 0.6) is 0 Å². The summed E-state index contributed by atoms with van der Waals surface area (Å²) in [7, 11) is 4.00. The molecule has 76 valence electrons.